The molecule has 1 aromatic carbocycles. The van der Waals surface area contributed by atoms with E-state index in [1.165, 1.54) is 6.26 Å². The maximum Gasteiger partial charge on any atom is 0.255 e. The lowest BCUT2D eigenvalue weighted by molar-refractivity contribution is 0.239. The summed E-state index contributed by atoms with van der Waals surface area (Å²) < 4.78 is 5.61. The summed E-state index contributed by atoms with van der Waals surface area (Å²) >= 11 is 6.03. The number of nitrogens with zero attached hydrogens (tertiary/aromatic N) is 3. The molecule has 4 aromatic rings. The van der Waals surface area contributed by atoms with Gasteiger partial charge in [0.15, 0.2) is 5.43 Å². The first kappa shape index (κ1) is 18.7. The van der Waals surface area contributed by atoms with Crippen LogP contribution in [0.2, 0.25) is 5.02 Å². The fourth-order valence-electron chi connectivity index (χ4n) is 3.75. The minimum absolute atomic E-state index is 0.108. The fraction of sp³-hybridized carbons (Fsp3) is 0.182. The first-order valence-electron chi connectivity index (χ1n) is 9.53. The summed E-state index contributed by atoms with van der Waals surface area (Å²) in [6.45, 7) is 1.48. The predicted molar refractivity (Wildman–Crippen MR) is 113 cm³/mol. The molecule has 0 bridgehead atoms. The van der Waals surface area contributed by atoms with Crippen molar-refractivity contribution in [1.82, 2.24) is 19.9 Å². The van der Waals surface area contributed by atoms with Gasteiger partial charge in [-0.2, -0.15) is 0 Å². The lowest BCUT2D eigenvalue weighted by atomic mass is 10.1. The normalized spacial score (nSPS) is 14.0. The van der Waals surface area contributed by atoms with Crippen molar-refractivity contribution >= 4 is 22.6 Å². The van der Waals surface area contributed by atoms with E-state index in [0.29, 0.717) is 59.0 Å². The van der Waals surface area contributed by atoms with Crippen LogP contribution >= 0.6 is 11.6 Å². The molecule has 5 rings (SSSR count). The number of halogens is 1. The van der Waals surface area contributed by atoms with Crippen LogP contribution in [0.3, 0.4) is 0 Å². The first-order chi connectivity index (χ1) is 14.6. The maximum atomic E-state index is 12.8. The van der Waals surface area contributed by atoms with E-state index in [0.717, 1.165) is 11.3 Å². The van der Waals surface area contributed by atoms with E-state index in [2.05, 4.69) is 15.0 Å². The number of benzene rings is 1. The molecule has 0 amide bonds. The van der Waals surface area contributed by atoms with E-state index in [4.69, 9.17) is 16.0 Å². The summed E-state index contributed by atoms with van der Waals surface area (Å²) in [6.07, 6.45) is 5.46. The van der Waals surface area contributed by atoms with Crippen molar-refractivity contribution in [2.24, 2.45) is 0 Å². The third-order valence-corrected chi connectivity index (χ3v) is 5.52. The Labute approximate surface area is 176 Å². The van der Waals surface area contributed by atoms with E-state index in [-0.39, 0.29) is 11.0 Å². The van der Waals surface area contributed by atoms with Gasteiger partial charge in [-0.1, -0.05) is 11.6 Å². The monoisotopic (exact) mass is 420 g/mol. The summed E-state index contributed by atoms with van der Waals surface area (Å²) in [4.78, 5) is 39.1. The van der Waals surface area contributed by atoms with Crippen molar-refractivity contribution in [2.45, 2.75) is 19.5 Å². The van der Waals surface area contributed by atoms with E-state index in [1.54, 1.807) is 36.7 Å². The Balaban J connectivity index is 1.43. The number of hydrogen-bond acceptors (Lipinski definition) is 6. The van der Waals surface area contributed by atoms with Crippen molar-refractivity contribution in [2.75, 3.05) is 6.54 Å². The van der Waals surface area contributed by atoms with E-state index < -0.39 is 0 Å². The average molecular weight is 421 g/mol. The Hall–Kier alpha value is -3.29. The van der Waals surface area contributed by atoms with Gasteiger partial charge in [-0.3, -0.25) is 19.5 Å². The topological polar surface area (TPSA) is 92.1 Å². The molecular weight excluding hydrogens is 404 g/mol. The van der Waals surface area contributed by atoms with Crippen molar-refractivity contribution in [3.05, 3.63) is 91.4 Å². The van der Waals surface area contributed by atoms with E-state index in [9.17, 15) is 9.59 Å². The van der Waals surface area contributed by atoms with Crippen LogP contribution in [0.25, 0.3) is 22.4 Å². The molecule has 3 aromatic heterocycles. The first-order valence-corrected chi connectivity index (χ1v) is 9.91. The van der Waals surface area contributed by atoms with Gasteiger partial charge < -0.3 is 9.40 Å². The minimum Gasteiger partial charge on any atom is -0.464 e. The zero-order valence-corrected chi connectivity index (χ0v) is 16.6. The number of aromatic amines is 1. The lowest BCUT2D eigenvalue weighted by Crippen LogP contribution is -2.36. The van der Waals surface area contributed by atoms with Gasteiger partial charge in [0.25, 0.3) is 5.56 Å². The van der Waals surface area contributed by atoms with Gasteiger partial charge in [0, 0.05) is 54.6 Å². The van der Waals surface area contributed by atoms with Crippen LogP contribution in [0.4, 0.5) is 0 Å². The molecule has 1 N–H and O–H groups in total. The van der Waals surface area contributed by atoms with Gasteiger partial charge in [0.1, 0.15) is 11.4 Å². The third-order valence-electron chi connectivity index (χ3n) is 5.28. The summed E-state index contributed by atoms with van der Waals surface area (Å²) in [5.41, 5.74) is 2.94. The lowest BCUT2D eigenvalue weighted by Gasteiger charge is -2.27. The van der Waals surface area contributed by atoms with Crippen molar-refractivity contribution in [1.29, 1.82) is 0 Å². The molecule has 0 atom stereocenters. The SMILES string of the molecule is O=c1[nH]c(-c2cccnc2)nc2c1CN(Cc1coc3ccc(Cl)cc3c1=O)CC2. The third kappa shape index (κ3) is 3.42. The zero-order valence-electron chi connectivity index (χ0n) is 15.9. The molecule has 7 nitrogen and oxygen atoms in total. The molecule has 4 heterocycles. The zero-order chi connectivity index (χ0) is 20.7. The molecule has 150 valence electrons. The minimum atomic E-state index is -0.166. The van der Waals surface area contributed by atoms with Crippen LogP contribution in [-0.4, -0.2) is 26.4 Å². The molecule has 0 radical (unpaired) electrons. The highest BCUT2D eigenvalue weighted by molar-refractivity contribution is 6.31. The quantitative estimate of drug-likeness (QED) is 0.547. The van der Waals surface area contributed by atoms with E-state index >= 15 is 0 Å². The van der Waals surface area contributed by atoms with Gasteiger partial charge >= 0.3 is 0 Å². The predicted octanol–water partition coefficient (Wildman–Crippen LogP) is 3.15. The van der Waals surface area contributed by atoms with Gasteiger partial charge in [0.2, 0.25) is 0 Å². The molecule has 1 aliphatic rings. The second-order valence-corrected chi connectivity index (χ2v) is 7.71. The highest BCUT2D eigenvalue weighted by Gasteiger charge is 2.23. The van der Waals surface area contributed by atoms with Crippen molar-refractivity contribution in [3.63, 3.8) is 0 Å². The summed E-state index contributed by atoms with van der Waals surface area (Å²) in [6, 6.07) is 8.65. The summed E-state index contributed by atoms with van der Waals surface area (Å²) in [5.74, 6) is 0.521. The smallest absolute Gasteiger partial charge is 0.255 e. The van der Waals surface area contributed by atoms with Gasteiger partial charge in [0.05, 0.1) is 22.9 Å². The Bertz CT molecular complexity index is 1360. The second kappa shape index (κ2) is 7.51. The molecule has 0 saturated carbocycles. The molecule has 8 heteroatoms. The molecule has 0 spiro atoms. The second-order valence-electron chi connectivity index (χ2n) is 7.27. The molecule has 0 unspecified atom stereocenters. The molecular formula is C22H17ClN4O3. The Morgan fingerprint density at radius 3 is 2.97 bits per heavy atom. The molecule has 0 fully saturated rings. The van der Waals surface area contributed by atoms with Gasteiger partial charge in [-0.05, 0) is 30.3 Å². The Kier molecular flexibility index (Phi) is 4.69. The van der Waals surface area contributed by atoms with Gasteiger partial charge in [-0.15, -0.1) is 0 Å². The molecule has 1 aliphatic heterocycles. The number of aromatic nitrogens is 3. The van der Waals surface area contributed by atoms with Crippen LogP contribution in [-0.2, 0) is 19.5 Å². The highest BCUT2D eigenvalue weighted by atomic mass is 35.5. The molecule has 0 saturated heterocycles. The number of pyridine rings is 1. The van der Waals surface area contributed by atoms with Crippen LogP contribution in [0.5, 0.6) is 0 Å². The summed E-state index contributed by atoms with van der Waals surface area (Å²) in [7, 11) is 0. The largest absolute Gasteiger partial charge is 0.464 e. The van der Waals surface area contributed by atoms with Crippen LogP contribution in [0.15, 0.2) is 63.0 Å². The number of rotatable bonds is 3. The number of hydrogen-bond donors (Lipinski definition) is 1. The summed E-state index contributed by atoms with van der Waals surface area (Å²) in [5, 5.41) is 0.943. The standard InChI is InChI=1S/C22H17ClN4O3/c23-15-3-4-19-16(8-15)20(28)14(12-30-19)10-27-7-5-18-17(11-27)22(29)26-21(25-18)13-2-1-6-24-9-13/h1-4,6,8-9,12H,5,7,10-11H2,(H,25,26,29). The fourth-order valence-corrected chi connectivity index (χ4v) is 3.92. The maximum absolute atomic E-state index is 12.8. The molecule has 30 heavy (non-hydrogen) atoms. The average Bonchev–Trinajstić information content (AvgIpc) is 2.77. The van der Waals surface area contributed by atoms with Crippen molar-refractivity contribution in [3.8, 4) is 11.4 Å². The van der Waals surface area contributed by atoms with Crippen LogP contribution < -0.4 is 11.0 Å². The van der Waals surface area contributed by atoms with E-state index in [1.807, 2.05) is 11.0 Å². The highest BCUT2D eigenvalue weighted by Crippen LogP contribution is 2.21. The van der Waals surface area contributed by atoms with Crippen molar-refractivity contribution < 1.29 is 4.42 Å². The number of nitrogens with one attached hydrogen (secondary N) is 1. The number of H-pyrrole nitrogens is 1. The number of fused-ring (bicyclic) bond motifs is 2. The van der Waals surface area contributed by atoms with Gasteiger partial charge in [-0.25, -0.2) is 4.98 Å². The molecule has 0 aliphatic carbocycles. The Morgan fingerprint density at radius 2 is 2.13 bits per heavy atom. The van der Waals surface area contributed by atoms with Crippen LogP contribution in [0.1, 0.15) is 16.8 Å². The Morgan fingerprint density at radius 1 is 1.23 bits per heavy atom. The van der Waals surface area contributed by atoms with Crippen LogP contribution in [0, 0.1) is 0 Å².